The van der Waals surface area contributed by atoms with Crippen molar-refractivity contribution in [1.82, 2.24) is 4.90 Å². The van der Waals surface area contributed by atoms with Crippen molar-refractivity contribution in [3.05, 3.63) is 22.4 Å². The van der Waals surface area contributed by atoms with Gasteiger partial charge in [-0.1, -0.05) is 13.0 Å². The third-order valence-corrected chi connectivity index (χ3v) is 2.46. The van der Waals surface area contributed by atoms with Crippen LogP contribution in [0.15, 0.2) is 12.3 Å². The van der Waals surface area contributed by atoms with Gasteiger partial charge in [-0.25, -0.2) is 4.79 Å². The van der Waals surface area contributed by atoms with E-state index in [-0.39, 0.29) is 17.4 Å². The van der Waals surface area contributed by atoms with Gasteiger partial charge in [0, 0.05) is 17.0 Å². The van der Waals surface area contributed by atoms with E-state index in [1.165, 1.54) is 4.90 Å². The molecule has 0 aliphatic carbocycles. The van der Waals surface area contributed by atoms with Gasteiger partial charge in [-0.15, -0.1) is 0 Å². The Bertz CT molecular complexity index is 346. The molecule has 0 saturated heterocycles. The van der Waals surface area contributed by atoms with E-state index >= 15 is 0 Å². The summed E-state index contributed by atoms with van der Waals surface area (Å²) in [6.45, 7) is 7.08. The monoisotopic (exact) mass is 242 g/mol. The second-order valence-electron chi connectivity index (χ2n) is 5.19. The van der Waals surface area contributed by atoms with Crippen LogP contribution in [0.2, 0.25) is 0 Å². The van der Waals surface area contributed by atoms with Crippen LogP contribution >= 0.6 is 0 Å². The fourth-order valence-corrected chi connectivity index (χ4v) is 1.51. The summed E-state index contributed by atoms with van der Waals surface area (Å²) in [5.41, 5.74) is -0.599. The molecule has 2 atom stereocenters. The molecular weight excluding hydrogens is 224 g/mol. The molecule has 6 heteroatoms. The fourth-order valence-electron chi connectivity index (χ4n) is 1.51. The molecule has 0 spiro atoms. The van der Waals surface area contributed by atoms with Crippen LogP contribution in [0, 0.1) is 16.0 Å². The molecular formula is C11H18N2O4. The van der Waals surface area contributed by atoms with Crippen LogP contribution in [0.5, 0.6) is 0 Å². The quantitative estimate of drug-likeness (QED) is 0.521. The molecule has 17 heavy (non-hydrogen) atoms. The van der Waals surface area contributed by atoms with Gasteiger partial charge in [0.2, 0.25) is 6.04 Å². The zero-order valence-corrected chi connectivity index (χ0v) is 10.5. The predicted molar refractivity (Wildman–Crippen MR) is 62.0 cm³/mol. The van der Waals surface area contributed by atoms with Crippen LogP contribution in [-0.2, 0) is 4.74 Å². The topological polar surface area (TPSA) is 72.7 Å². The number of amides is 1. The van der Waals surface area contributed by atoms with E-state index < -0.39 is 17.7 Å². The second-order valence-corrected chi connectivity index (χ2v) is 5.19. The lowest BCUT2D eigenvalue weighted by atomic mass is 9.99. The minimum absolute atomic E-state index is 0.0551. The molecule has 0 bridgehead atoms. The van der Waals surface area contributed by atoms with E-state index in [9.17, 15) is 14.9 Å². The van der Waals surface area contributed by atoms with Gasteiger partial charge in [0.25, 0.3) is 0 Å². The van der Waals surface area contributed by atoms with Crippen molar-refractivity contribution in [2.45, 2.75) is 39.3 Å². The molecule has 6 nitrogen and oxygen atoms in total. The Morgan fingerprint density at radius 2 is 2.12 bits per heavy atom. The minimum Gasteiger partial charge on any atom is -0.443 e. The van der Waals surface area contributed by atoms with Gasteiger partial charge in [0.05, 0.1) is 6.54 Å². The summed E-state index contributed by atoms with van der Waals surface area (Å²) >= 11 is 0. The number of rotatable bonds is 1. The lowest BCUT2D eigenvalue weighted by molar-refractivity contribution is -0.529. The van der Waals surface area contributed by atoms with Crippen molar-refractivity contribution in [2.24, 2.45) is 5.92 Å². The molecule has 0 aromatic rings. The maximum absolute atomic E-state index is 11.7. The highest BCUT2D eigenvalue weighted by molar-refractivity contribution is 5.69. The molecule has 0 aromatic carbocycles. The van der Waals surface area contributed by atoms with Crippen molar-refractivity contribution in [3.8, 4) is 0 Å². The van der Waals surface area contributed by atoms with E-state index in [4.69, 9.17) is 4.74 Å². The smallest absolute Gasteiger partial charge is 0.414 e. The van der Waals surface area contributed by atoms with Crippen LogP contribution < -0.4 is 0 Å². The van der Waals surface area contributed by atoms with Gasteiger partial charge in [-0.05, 0) is 20.8 Å². The van der Waals surface area contributed by atoms with Gasteiger partial charge in [-0.3, -0.25) is 15.0 Å². The van der Waals surface area contributed by atoms with Gasteiger partial charge in [-0.2, -0.15) is 0 Å². The first kappa shape index (κ1) is 13.5. The van der Waals surface area contributed by atoms with E-state index in [2.05, 4.69) is 0 Å². The second kappa shape index (κ2) is 4.73. The van der Waals surface area contributed by atoms with Crippen LogP contribution in [0.3, 0.4) is 0 Å². The van der Waals surface area contributed by atoms with E-state index in [1.54, 1.807) is 40.0 Å². The van der Waals surface area contributed by atoms with Crippen molar-refractivity contribution in [2.75, 3.05) is 6.54 Å². The first-order chi connectivity index (χ1) is 7.70. The van der Waals surface area contributed by atoms with E-state index in [0.29, 0.717) is 0 Å². The standard InChI is InChI=1S/C11H18N2O4/c1-8-5-6-12(7-9(8)13(15)16)10(14)17-11(2,3)4/h5-6,8-9H,7H2,1-4H3. The molecule has 1 aliphatic rings. The average Bonchev–Trinajstić information content (AvgIpc) is 2.14. The van der Waals surface area contributed by atoms with Crippen molar-refractivity contribution < 1.29 is 14.5 Å². The third-order valence-electron chi connectivity index (χ3n) is 2.46. The molecule has 1 rings (SSSR count). The number of nitro groups is 1. The molecule has 0 aromatic heterocycles. The maximum atomic E-state index is 11.7. The molecule has 2 unspecified atom stereocenters. The van der Waals surface area contributed by atoms with Crippen LogP contribution in [0.25, 0.3) is 0 Å². The first-order valence-corrected chi connectivity index (χ1v) is 5.52. The lowest BCUT2D eigenvalue weighted by Crippen LogP contribution is -2.45. The molecule has 1 amide bonds. The maximum Gasteiger partial charge on any atom is 0.414 e. The molecule has 0 fully saturated rings. The molecule has 0 N–H and O–H groups in total. The Hall–Kier alpha value is -1.59. The number of carbonyl (C=O) groups is 1. The molecule has 1 heterocycles. The summed E-state index contributed by atoms with van der Waals surface area (Å²) in [4.78, 5) is 23.4. The van der Waals surface area contributed by atoms with Gasteiger partial charge >= 0.3 is 6.09 Å². The van der Waals surface area contributed by atoms with E-state index in [1.807, 2.05) is 0 Å². The predicted octanol–water partition coefficient (Wildman–Crippen LogP) is 2.03. The number of nitrogens with zero attached hydrogens (tertiary/aromatic N) is 2. The van der Waals surface area contributed by atoms with Crippen LogP contribution in [0.4, 0.5) is 4.79 Å². The normalized spacial score (nSPS) is 24.6. The van der Waals surface area contributed by atoms with E-state index in [0.717, 1.165) is 0 Å². The Morgan fingerprint density at radius 1 is 1.53 bits per heavy atom. The largest absolute Gasteiger partial charge is 0.443 e. The molecule has 0 radical (unpaired) electrons. The Morgan fingerprint density at radius 3 is 2.59 bits per heavy atom. The lowest BCUT2D eigenvalue weighted by Gasteiger charge is -2.29. The SMILES string of the molecule is CC1C=CN(C(=O)OC(C)(C)C)CC1[N+](=O)[O-]. The summed E-state index contributed by atoms with van der Waals surface area (Å²) in [5, 5.41) is 10.8. The summed E-state index contributed by atoms with van der Waals surface area (Å²) in [7, 11) is 0. The highest BCUT2D eigenvalue weighted by Crippen LogP contribution is 2.19. The Balaban J connectivity index is 2.71. The van der Waals surface area contributed by atoms with Crippen molar-refractivity contribution in [1.29, 1.82) is 0 Å². The zero-order chi connectivity index (χ0) is 13.2. The number of hydrogen-bond acceptors (Lipinski definition) is 4. The van der Waals surface area contributed by atoms with Gasteiger partial charge < -0.3 is 4.74 Å². The summed E-state index contributed by atoms with van der Waals surface area (Å²) in [5.74, 6) is -0.177. The summed E-state index contributed by atoms with van der Waals surface area (Å²) in [6.07, 6.45) is 2.66. The van der Waals surface area contributed by atoms with Crippen molar-refractivity contribution in [3.63, 3.8) is 0 Å². The number of hydrogen-bond donors (Lipinski definition) is 0. The molecule has 0 saturated carbocycles. The summed E-state index contributed by atoms with van der Waals surface area (Å²) in [6, 6.07) is -0.771. The molecule has 1 aliphatic heterocycles. The number of ether oxygens (including phenoxy) is 1. The van der Waals surface area contributed by atoms with Crippen molar-refractivity contribution >= 4 is 6.09 Å². The average molecular weight is 242 g/mol. The minimum atomic E-state index is -0.771. The number of carbonyl (C=O) groups excluding carboxylic acids is 1. The summed E-state index contributed by atoms with van der Waals surface area (Å²) < 4.78 is 5.15. The zero-order valence-electron chi connectivity index (χ0n) is 10.5. The Kier molecular flexibility index (Phi) is 3.75. The van der Waals surface area contributed by atoms with Gasteiger partial charge in [0.1, 0.15) is 5.60 Å². The molecule has 96 valence electrons. The van der Waals surface area contributed by atoms with Crippen LogP contribution in [0.1, 0.15) is 27.7 Å². The third kappa shape index (κ3) is 3.72. The van der Waals surface area contributed by atoms with Crippen LogP contribution in [-0.4, -0.2) is 34.1 Å². The fraction of sp³-hybridized carbons (Fsp3) is 0.727. The Labute approximate surface area is 100 Å². The van der Waals surface area contributed by atoms with Gasteiger partial charge in [0.15, 0.2) is 0 Å². The highest BCUT2D eigenvalue weighted by Gasteiger charge is 2.34. The first-order valence-electron chi connectivity index (χ1n) is 5.52. The highest BCUT2D eigenvalue weighted by atomic mass is 16.6.